The highest BCUT2D eigenvalue weighted by atomic mass is 32.2. The summed E-state index contributed by atoms with van der Waals surface area (Å²) >= 11 is 2.93. The summed E-state index contributed by atoms with van der Waals surface area (Å²) in [6, 6.07) is 0. The number of nitrogens with two attached hydrogens (primary N) is 1. The lowest BCUT2D eigenvalue weighted by Gasteiger charge is -2.11. The summed E-state index contributed by atoms with van der Waals surface area (Å²) in [5.74, 6) is 0.559. The number of nitrogens with zero attached hydrogens (tertiary/aromatic N) is 1. The van der Waals surface area contributed by atoms with Crippen LogP contribution in [0.1, 0.15) is 23.5 Å². The van der Waals surface area contributed by atoms with Crippen LogP contribution in [0.2, 0.25) is 0 Å². The Morgan fingerprint density at radius 1 is 1.47 bits per heavy atom. The molecule has 1 amide bonds. The molecule has 0 saturated heterocycles. The minimum Gasteiger partial charge on any atom is -0.487 e. The Balaban J connectivity index is 3.18. The Morgan fingerprint density at radius 3 is 2.47 bits per heavy atom. The van der Waals surface area contributed by atoms with Crippen LogP contribution in [0.3, 0.4) is 0 Å². The van der Waals surface area contributed by atoms with Crippen molar-refractivity contribution in [3.8, 4) is 5.75 Å². The fraction of sp³-hybridized carbons (Fsp3) is 0.545. The van der Waals surface area contributed by atoms with Gasteiger partial charge in [-0.25, -0.2) is 0 Å². The lowest BCUT2D eigenvalue weighted by molar-refractivity contribution is 0.0833. The summed E-state index contributed by atoms with van der Waals surface area (Å²) in [6.45, 7) is 3.88. The van der Waals surface area contributed by atoms with Crippen LogP contribution in [-0.4, -0.2) is 37.3 Å². The molecule has 0 spiro atoms. The van der Waals surface area contributed by atoms with E-state index in [0.29, 0.717) is 16.3 Å². The van der Waals surface area contributed by atoms with Crippen molar-refractivity contribution in [1.82, 2.24) is 4.90 Å². The van der Waals surface area contributed by atoms with Gasteiger partial charge in [-0.2, -0.15) is 0 Å². The molecule has 1 aromatic rings. The Kier molecular flexibility index (Phi) is 4.70. The topological polar surface area (TPSA) is 55.6 Å². The monoisotopic (exact) mass is 274 g/mol. The van der Waals surface area contributed by atoms with Crippen molar-refractivity contribution in [3.63, 3.8) is 0 Å². The van der Waals surface area contributed by atoms with E-state index >= 15 is 0 Å². The van der Waals surface area contributed by atoms with Gasteiger partial charge in [-0.3, -0.25) is 4.79 Å². The van der Waals surface area contributed by atoms with Gasteiger partial charge in [0.1, 0.15) is 9.09 Å². The van der Waals surface area contributed by atoms with Crippen LogP contribution in [-0.2, 0) is 0 Å². The normalized spacial score (nSPS) is 10.7. The largest absolute Gasteiger partial charge is 0.487 e. The highest BCUT2D eigenvalue weighted by molar-refractivity contribution is 8.00. The number of thioether (sulfide) groups is 1. The molecule has 0 fully saturated rings. The standard InChI is InChI=1S/C11H18N2O2S2/c1-6(2)15-8-7(12)9(10(14)13(3)4)17-11(8)16-5/h6H,12H2,1-5H3. The Hall–Kier alpha value is -0.880. The number of carbonyl (C=O) groups is 1. The van der Waals surface area contributed by atoms with Crippen LogP contribution < -0.4 is 10.5 Å². The predicted molar refractivity (Wildman–Crippen MR) is 74.3 cm³/mol. The number of ether oxygens (including phenoxy) is 1. The quantitative estimate of drug-likeness (QED) is 0.857. The maximum absolute atomic E-state index is 11.9. The first kappa shape index (κ1) is 14.2. The van der Waals surface area contributed by atoms with Crippen molar-refractivity contribution in [1.29, 1.82) is 0 Å². The molecule has 1 rings (SSSR count). The van der Waals surface area contributed by atoms with Crippen molar-refractivity contribution < 1.29 is 9.53 Å². The summed E-state index contributed by atoms with van der Waals surface area (Å²) < 4.78 is 6.62. The number of nitrogen functional groups attached to an aromatic ring is 1. The van der Waals surface area contributed by atoms with Gasteiger partial charge in [0.2, 0.25) is 0 Å². The van der Waals surface area contributed by atoms with Gasteiger partial charge in [-0.15, -0.1) is 23.1 Å². The highest BCUT2D eigenvalue weighted by Gasteiger charge is 2.23. The van der Waals surface area contributed by atoms with E-state index in [0.717, 1.165) is 4.21 Å². The zero-order valence-corrected chi connectivity index (χ0v) is 12.4. The molecule has 0 aliphatic heterocycles. The average Bonchev–Trinajstić information content (AvgIpc) is 2.54. The SMILES string of the molecule is CSc1sc(C(=O)N(C)C)c(N)c1OC(C)C. The first-order chi connectivity index (χ1) is 7.88. The third-order valence-electron chi connectivity index (χ3n) is 2.01. The number of thiophene rings is 1. The molecule has 4 nitrogen and oxygen atoms in total. The van der Waals surface area contributed by atoms with Gasteiger partial charge >= 0.3 is 0 Å². The van der Waals surface area contributed by atoms with Crippen molar-refractivity contribution in [3.05, 3.63) is 4.88 Å². The van der Waals surface area contributed by atoms with Gasteiger partial charge in [-0.05, 0) is 20.1 Å². The van der Waals surface area contributed by atoms with E-state index in [9.17, 15) is 4.79 Å². The zero-order valence-electron chi connectivity index (χ0n) is 10.7. The van der Waals surface area contributed by atoms with E-state index in [4.69, 9.17) is 10.5 Å². The van der Waals surface area contributed by atoms with E-state index in [2.05, 4.69) is 0 Å². The molecule has 1 aromatic heterocycles. The maximum Gasteiger partial charge on any atom is 0.265 e. The molecule has 0 bridgehead atoms. The number of rotatable bonds is 4. The number of hydrogen-bond acceptors (Lipinski definition) is 5. The van der Waals surface area contributed by atoms with Gasteiger partial charge in [0.05, 0.1) is 11.8 Å². The second kappa shape index (κ2) is 5.64. The summed E-state index contributed by atoms with van der Waals surface area (Å²) in [5, 5.41) is 0. The molecule has 0 aliphatic carbocycles. The van der Waals surface area contributed by atoms with Crippen molar-refractivity contribution in [2.45, 2.75) is 24.2 Å². The van der Waals surface area contributed by atoms with E-state index in [1.807, 2.05) is 20.1 Å². The van der Waals surface area contributed by atoms with Gasteiger partial charge in [-0.1, -0.05) is 0 Å². The fourth-order valence-electron chi connectivity index (χ4n) is 1.25. The van der Waals surface area contributed by atoms with Crippen molar-refractivity contribution in [2.24, 2.45) is 0 Å². The third-order valence-corrected chi connectivity index (χ3v) is 4.28. The maximum atomic E-state index is 11.9. The lowest BCUT2D eigenvalue weighted by atomic mass is 10.3. The molecule has 0 unspecified atom stereocenters. The van der Waals surface area contributed by atoms with Crippen LogP contribution in [0.25, 0.3) is 0 Å². The molecule has 1 heterocycles. The minimum absolute atomic E-state index is 0.0418. The Bertz CT molecular complexity index is 414. The average molecular weight is 274 g/mol. The Labute approximate surface area is 110 Å². The lowest BCUT2D eigenvalue weighted by Crippen LogP contribution is -2.21. The number of amides is 1. The third kappa shape index (κ3) is 3.07. The van der Waals surface area contributed by atoms with Crippen molar-refractivity contribution >= 4 is 34.7 Å². The minimum atomic E-state index is -0.0820. The van der Waals surface area contributed by atoms with E-state index < -0.39 is 0 Å². The van der Waals surface area contributed by atoms with Crippen molar-refractivity contribution in [2.75, 3.05) is 26.1 Å². The molecule has 0 aromatic carbocycles. The molecular formula is C11H18N2O2S2. The molecule has 96 valence electrons. The molecule has 2 N–H and O–H groups in total. The van der Waals surface area contributed by atoms with E-state index in [-0.39, 0.29) is 12.0 Å². The van der Waals surface area contributed by atoms with Crippen LogP contribution in [0.5, 0.6) is 5.75 Å². The molecular weight excluding hydrogens is 256 g/mol. The summed E-state index contributed by atoms with van der Waals surface area (Å²) in [6.07, 6.45) is 1.99. The second-order valence-electron chi connectivity index (χ2n) is 4.03. The van der Waals surface area contributed by atoms with Crippen LogP contribution in [0, 0.1) is 0 Å². The van der Waals surface area contributed by atoms with Crippen LogP contribution >= 0.6 is 23.1 Å². The number of anilines is 1. The fourth-order valence-corrected chi connectivity index (χ4v) is 3.09. The first-order valence-corrected chi connectivity index (χ1v) is 7.27. The molecule has 0 saturated carbocycles. The number of carbonyl (C=O) groups excluding carboxylic acids is 1. The van der Waals surface area contributed by atoms with Gasteiger partial charge in [0, 0.05) is 14.1 Å². The second-order valence-corrected chi connectivity index (χ2v) is 6.13. The smallest absolute Gasteiger partial charge is 0.265 e. The zero-order chi connectivity index (χ0) is 13.2. The van der Waals surface area contributed by atoms with E-state index in [1.54, 1.807) is 25.9 Å². The van der Waals surface area contributed by atoms with Gasteiger partial charge in [0.25, 0.3) is 5.91 Å². The summed E-state index contributed by atoms with van der Waals surface area (Å²) in [4.78, 5) is 14.0. The van der Waals surface area contributed by atoms with Gasteiger partial charge in [0.15, 0.2) is 5.75 Å². The summed E-state index contributed by atoms with van der Waals surface area (Å²) in [7, 11) is 3.42. The summed E-state index contributed by atoms with van der Waals surface area (Å²) in [5.41, 5.74) is 6.44. The van der Waals surface area contributed by atoms with Crippen LogP contribution in [0.15, 0.2) is 4.21 Å². The molecule has 0 atom stereocenters. The predicted octanol–water partition coefficient (Wildman–Crippen LogP) is 2.54. The van der Waals surface area contributed by atoms with Crippen LogP contribution in [0.4, 0.5) is 5.69 Å². The molecule has 0 aliphatic rings. The van der Waals surface area contributed by atoms with Gasteiger partial charge < -0.3 is 15.4 Å². The Morgan fingerprint density at radius 2 is 2.06 bits per heavy atom. The molecule has 17 heavy (non-hydrogen) atoms. The first-order valence-electron chi connectivity index (χ1n) is 5.23. The molecule has 6 heteroatoms. The van der Waals surface area contributed by atoms with E-state index in [1.165, 1.54) is 16.2 Å². The molecule has 0 radical (unpaired) electrons. The highest BCUT2D eigenvalue weighted by Crippen LogP contribution is 2.44. The number of hydrogen-bond donors (Lipinski definition) is 1.